The lowest BCUT2D eigenvalue weighted by molar-refractivity contribution is -0.126. The van der Waals surface area contributed by atoms with E-state index in [4.69, 9.17) is 17.3 Å². The molecule has 1 amide bonds. The standard InChI is InChI=1S/C7H11NO2S/c1-5-4-6(10)8(2-3-9)7(5)11/h5,9H,2-4H2,1H3. The van der Waals surface area contributed by atoms with Crippen molar-refractivity contribution < 1.29 is 9.90 Å². The number of carbonyl (C=O) groups is 1. The molecule has 0 radical (unpaired) electrons. The molecule has 1 aliphatic heterocycles. The van der Waals surface area contributed by atoms with Crippen molar-refractivity contribution in [1.82, 2.24) is 4.90 Å². The lowest BCUT2D eigenvalue weighted by Crippen LogP contribution is -2.31. The molecule has 1 atom stereocenters. The van der Waals surface area contributed by atoms with Crippen LogP contribution in [0.25, 0.3) is 0 Å². The van der Waals surface area contributed by atoms with E-state index in [1.165, 1.54) is 4.90 Å². The lowest BCUT2D eigenvalue weighted by Gasteiger charge is -2.14. The number of aliphatic hydroxyl groups is 1. The van der Waals surface area contributed by atoms with Crippen molar-refractivity contribution in [3.63, 3.8) is 0 Å². The fraction of sp³-hybridized carbons (Fsp3) is 0.714. The average Bonchev–Trinajstić information content (AvgIpc) is 2.17. The van der Waals surface area contributed by atoms with E-state index in [0.717, 1.165) is 0 Å². The van der Waals surface area contributed by atoms with Crippen molar-refractivity contribution in [2.24, 2.45) is 5.92 Å². The Morgan fingerprint density at radius 2 is 2.45 bits per heavy atom. The quantitative estimate of drug-likeness (QED) is 0.605. The molecule has 1 N–H and O–H groups in total. The van der Waals surface area contributed by atoms with Crippen molar-refractivity contribution in [3.8, 4) is 0 Å². The molecule has 11 heavy (non-hydrogen) atoms. The van der Waals surface area contributed by atoms with E-state index in [1.54, 1.807) is 0 Å². The molecule has 3 nitrogen and oxygen atoms in total. The fourth-order valence-electron chi connectivity index (χ4n) is 1.18. The minimum Gasteiger partial charge on any atom is -0.395 e. The molecule has 1 heterocycles. The average molecular weight is 173 g/mol. The number of hydrogen-bond donors (Lipinski definition) is 1. The van der Waals surface area contributed by atoms with Crippen LogP contribution < -0.4 is 0 Å². The number of hydrogen-bond acceptors (Lipinski definition) is 3. The highest BCUT2D eigenvalue weighted by molar-refractivity contribution is 7.80. The van der Waals surface area contributed by atoms with Gasteiger partial charge < -0.3 is 10.0 Å². The summed E-state index contributed by atoms with van der Waals surface area (Å²) in [7, 11) is 0. The molecule has 1 aliphatic rings. The molecule has 62 valence electrons. The monoisotopic (exact) mass is 173 g/mol. The van der Waals surface area contributed by atoms with E-state index in [1.807, 2.05) is 6.92 Å². The maximum Gasteiger partial charge on any atom is 0.228 e. The van der Waals surface area contributed by atoms with Gasteiger partial charge in [-0.1, -0.05) is 19.1 Å². The first-order valence-electron chi connectivity index (χ1n) is 3.62. The van der Waals surface area contributed by atoms with Gasteiger partial charge in [0.2, 0.25) is 5.91 Å². The summed E-state index contributed by atoms with van der Waals surface area (Å²) in [5, 5.41) is 8.59. The molecular weight excluding hydrogens is 162 g/mol. The Kier molecular flexibility index (Phi) is 2.57. The molecule has 1 rings (SSSR count). The van der Waals surface area contributed by atoms with E-state index in [-0.39, 0.29) is 18.4 Å². The topological polar surface area (TPSA) is 40.5 Å². The van der Waals surface area contributed by atoms with Crippen LogP contribution in [0, 0.1) is 5.92 Å². The van der Waals surface area contributed by atoms with Crippen LogP contribution in [0.2, 0.25) is 0 Å². The van der Waals surface area contributed by atoms with Gasteiger partial charge in [0, 0.05) is 18.9 Å². The second-order valence-electron chi connectivity index (χ2n) is 2.71. The van der Waals surface area contributed by atoms with Gasteiger partial charge in [-0.25, -0.2) is 0 Å². The maximum absolute atomic E-state index is 11.1. The van der Waals surface area contributed by atoms with Crippen LogP contribution in [0.5, 0.6) is 0 Å². The predicted molar refractivity (Wildman–Crippen MR) is 45.2 cm³/mol. The highest BCUT2D eigenvalue weighted by Crippen LogP contribution is 2.19. The molecule has 0 spiro atoms. The van der Waals surface area contributed by atoms with Gasteiger partial charge in [-0.3, -0.25) is 4.79 Å². The van der Waals surface area contributed by atoms with Crippen LogP contribution in [0.4, 0.5) is 0 Å². The van der Waals surface area contributed by atoms with Crippen LogP contribution in [-0.4, -0.2) is 34.1 Å². The van der Waals surface area contributed by atoms with Gasteiger partial charge in [0.15, 0.2) is 0 Å². The van der Waals surface area contributed by atoms with Gasteiger partial charge >= 0.3 is 0 Å². The molecule has 0 aromatic rings. The van der Waals surface area contributed by atoms with Crippen LogP contribution in [-0.2, 0) is 4.79 Å². The SMILES string of the molecule is CC1CC(=O)N(CCO)C1=S. The van der Waals surface area contributed by atoms with Gasteiger partial charge in [-0.05, 0) is 0 Å². The molecule has 1 fully saturated rings. The van der Waals surface area contributed by atoms with Crippen molar-refractivity contribution in [1.29, 1.82) is 0 Å². The Labute approximate surface area is 71.0 Å². The number of amides is 1. The third-order valence-corrected chi connectivity index (χ3v) is 2.42. The molecule has 0 aliphatic carbocycles. The second kappa shape index (κ2) is 3.28. The summed E-state index contributed by atoms with van der Waals surface area (Å²) in [6.07, 6.45) is 0.499. The molecule has 0 saturated carbocycles. The van der Waals surface area contributed by atoms with E-state index in [0.29, 0.717) is 18.0 Å². The highest BCUT2D eigenvalue weighted by atomic mass is 32.1. The van der Waals surface area contributed by atoms with Gasteiger partial charge in [-0.15, -0.1) is 0 Å². The van der Waals surface area contributed by atoms with Crippen molar-refractivity contribution >= 4 is 23.1 Å². The Hall–Kier alpha value is -0.480. The first-order valence-corrected chi connectivity index (χ1v) is 4.02. The van der Waals surface area contributed by atoms with Crippen LogP contribution in [0.1, 0.15) is 13.3 Å². The smallest absolute Gasteiger partial charge is 0.228 e. The summed E-state index contributed by atoms with van der Waals surface area (Å²) in [6, 6.07) is 0. The number of thiocarbonyl (C=S) groups is 1. The Morgan fingerprint density at radius 1 is 1.82 bits per heavy atom. The van der Waals surface area contributed by atoms with Crippen molar-refractivity contribution in [2.75, 3.05) is 13.2 Å². The number of rotatable bonds is 2. The summed E-state index contributed by atoms with van der Waals surface area (Å²) in [6.45, 7) is 2.26. The number of nitrogens with zero attached hydrogens (tertiary/aromatic N) is 1. The molecule has 0 bridgehead atoms. The van der Waals surface area contributed by atoms with Crippen LogP contribution in [0.3, 0.4) is 0 Å². The van der Waals surface area contributed by atoms with Crippen molar-refractivity contribution in [2.45, 2.75) is 13.3 Å². The van der Waals surface area contributed by atoms with Crippen LogP contribution in [0.15, 0.2) is 0 Å². The Bertz CT molecular complexity index is 193. The number of carbonyl (C=O) groups excluding carboxylic acids is 1. The first-order chi connectivity index (χ1) is 5.16. The van der Waals surface area contributed by atoms with E-state index < -0.39 is 0 Å². The van der Waals surface area contributed by atoms with Crippen LogP contribution >= 0.6 is 12.2 Å². The second-order valence-corrected chi connectivity index (χ2v) is 3.13. The van der Waals surface area contributed by atoms with E-state index >= 15 is 0 Å². The zero-order valence-electron chi connectivity index (χ0n) is 6.41. The fourth-order valence-corrected chi connectivity index (χ4v) is 1.46. The molecule has 0 aromatic heterocycles. The van der Waals surface area contributed by atoms with Gasteiger partial charge in [0.1, 0.15) is 0 Å². The summed E-state index contributed by atoms with van der Waals surface area (Å²) < 4.78 is 0. The van der Waals surface area contributed by atoms with E-state index in [9.17, 15) is 4.79 Å². The van der Waals surface area contributed by atoms with Crippen molar-refractivity contribution in [3.05, 3.63) is 0 Å². The number of β-amino-alcohol motifs (C(OH)–C–C–N with tert-alkyl or cyclic N) is 1. The third-order valence-electron chi connectivity index (χ3n) is 1.79. The molecule has 1 unspecified atom stereocenters. The maximum atomic E-state index is 11.1. The summed E-state index contributed by atoms with van der Waals surface area (Å²) in [4.78, 5) is 13.3. The third kappa shape index (κ3) is 1.57. The Balaban J connectivity index is 2.64. The molecular formula is C7H11NO2S. The lowest BCUT2D eigenvalue weighted by atomic mass is 10.2. The summed E-state index contributed by atoms with van der Waals surface area (Å²) in [5.74, 6) is 0.209. The number of aliphatic hydroxyl groups excluding tert-OH is 1. The zero-order chi connectivity index (χ0) is 8.43. The summed E-state index contributed by atoms with van der Waals surface area (Å²) in [5.41, 5.74) is 0. The van der Waals surface area contributed by atoms with Gasteiger partial charge in [0.25, 0.3) is 0 Å². The van der Waals surface area contributed by atoms with Gasteiger partial charge in [0.05, 0.1) is 11.6 Å². The minimum atomic E-state index is -0.0153. The van der Waals surface area contributed by atoms with E-state index in [2.05, 4.69) is 0 Å². The first kappa shape index (κ1) is 8.62. The highest BCUT2D eigenvalue weighted by Gasteiger charge is 2.31. The predicted octanol–water partition coefficient (Wildman–Crippen LogP) is 0.175. The zero-order valence-corrected chi connectivity index (χ0v) is 7.23. The number of likely N-dealkylation sites (tertiary alicyclic amines) is 1. The summed E-state index contributed by atoms with van der Waals surface area (Å²) >= 11 is 5.00. The molecule has 1 saturated heterocycles. The largest absolute Gasteiger partial charge is 0.395 e. The molecule has 4 heteroatoms. The van der Waals surface area contributed by atoms with Gasteiger partial charge in [-0.2, -0.15) is 0 Å². The minimum absolute atomic E-state index is 0.0153. The normalized spacial score (nSPS) is 24.9. The molecule has 0 aromatic carbocycles. The Morgan fingerprint density at radius 3 is 2.82 bits per heavy atom.